The highest BCUT2D eigenvalue weighted by atomic mass is 32.1. The zero-order chi connectivity index (χ0) is 21.1. The third-order valence-corrected chi connectivity index (χ3v) is 5.65. The lowest BCUT2D eigenvalue weighted by Gasteiger charge is -2.08. The summed E-state index contributed by atoms with van der Waals surface area (Å²) in [5, 5.41) is 3.63. The minimum absolute atomic E-state index is 0.123. The smallest absolute Gasteiger partial charge is 0.310 e. The van der Waals surface area contributed by atoms with Gasteiger partial charge in [-0.25, -0.2) is 4.98 Å². The highest BCUT2D eigenvalue weighted by molar-refractivity contribution is 7.13. The molecule has 0 bridgehead atoms. The molecule has 2 aromatic carbocycles. The van der Waals surface area contributed by atoms with Crippen molar-refractivity contribution < 1.29 is 23.4 Å². The maximum absolute atomic E-state index is 12.3. The zero-order valence-electron chi connectivity index (χ0n) is 16.9. The fourth-order valence-corrected chi connectivity index (χ4v) is 3.96. The van der Waals surface area contributed by atoms with E-state index in [1.54, 1.807) is 20.5 Å². The third-order valence-electron chi connectivity index (χ3n) is 4.71. The fraction of sp³-hybridized carbons (Fsp3) is 0.217. The van der Waals surface area contributed by atoms with Gasteiger partial charge in [0.05, 0.1) is 32.6 Å². The van der Waals surface area contributed by atoms with Crippen LogP contribution in [0.4, 0.5) is 0 Å². The van der Waals surface area contributed by atoms with Crippen molar-refractivity contribution in [3.05, 3.63) is 64.9 Å². The van der Waals surface area contributed by atoms with Crippen LogP contribution in [0.2, 0.25) is 0 Å². The quantitative estimate of drug-likeness (QED) is 0.382. The topological polar surface area (TPSA) is 70.8 Å². The number of rotatable bonds is 7. The van der Waals surface area contributed by atoms with Crippen molar-refractivity contribution >= 4 is 28.3 Å². The van der Waals surface area contributed by atoms with Crippen molar-refractivity contribution in [2.24, 2.45) is 0 Å². The van der Waals surface area contributed by atoms with Crippen LogP contribution in [-0.4, -0.2) is 25.2 Å². The van der Waals surface area contributed by atoms with Gasteiger partial charge in [-0.15, -0.1) is 11.3 Å². The van der Waals surface area contributed by atoms with Crippen molar-refractivity contribution in [1.82, 2.24) is 4.98 Å². The molecular formula is C23H21NO5S. The number of hydrogen-bond acceptors (Lipinski definition) is 7. The van der Waals surface area contributed by atoms with E-state index >= 15 is 0 Å². The standard InChI is InChI=1S/C23H21NO5S/c1-14-4-6-18-16(11-28-20(18)8-14)10-22(25)29-12-17-13-30-23(24-17)15-5-7-19(26-2)21(9-15)27-3/h4-9,11,13H,10,12H2,1-3H3. The molecule has 2 heterocycles. The number of methoxy groups -OCH3 is 2. The number of ether oxygens (including phenoxy) is 3. The molecule has 4 aromatic rings. The van der Waals surface area contributed by atoms with Crippen molar-refractivity contribution in [3.8, 4) is 22.1 Å². The number of thiazole rings is 1. The van der Waals surface area contributed by atoms with Gasteiger partial charge in [-0.2, -0.15) is 0 Å². The van der Waals surface area contributed by atoms with Crippen LogP contribution in [0.25, 0.3) is 21.5 Å². The molecule has 0 aliphatic carbocycles. The molecule has 0 amide bonds. The molecule has 0 N–H and O–H groups in total. The second-order valence-electron chi connectivity index (χ2n) is 6.81. The predicted octanol–water partition coefficient (Wildman–Crippen LogP) is 5.17. The SMILES string of the molecule is COc1ccc(-c2nc(COC(=O)Cc3coc4cc(C)ccc34)cs2)cc1OC. The number of fused-ring (bicyclic) bond motifs is 1. The summed E-state index contributed by atoms with van der Waals surface area (Å²) in [5.41, 5.74) is 4.32. The number of aromatic nitrogens is 1. The molecular weight excluding hydrogens is 402 g/mol. The summed E-state index contributed by atoms with van der Waals surface area (Å²) < 4.78 is 21.6. The summed E-state index contributed by atoms with van der Waals surface area (Å²) >= 11 is 1.48. The van der Waals surface area contributed by atoms with Crippen LogP contribution in [0.15, 0.2) is 52.5 Å². The molecule has 2 aromatic heterocycles. The van der Waals surface area contributed by atoms with E-state index < -0.39 is 0 Å². The molecule has 6 nitrogen and oxygen atoms in total. The normalized spacial score (nSPS) is 10.9. The number of carbonyl (C=O) groups excluding carboxylic acids is 1. The number of aryl methyl sites for hydroxylation is 1. The maximum Gasteiger partial charge on any atom is 0.310 e. The Labute approximate surface area is 178 Å². The molecule has 0 saturated heterocycles. The van der Waals surface area contributed by atoms with Crippen LogP contribution in [0.1, 0.15) is 16.8 Å². The van der Waals surface area contributed by atoms with Crippen LogP contribution in [0, 0.1) is 6.92 Å². The summed E-state index contributed by atoms with van der Waals surface area (Å²) in [4.78, 5) is 16.9. The minimum atomic E-state index is -0.320. The molecule has 4 rings (SSSR count). The molecule has 154 valence electrons. The van der Waals surface area contributed by atoms with Crippen molar-refractivity contribution in [2.45, 2.75) is 20.0 Å². The summed E-state index contributed by atoms with van der Waals surface area (Å²) in [7, 11) is 3.19. The molecule has 0 aliphatic heterocycles. The summed E-state index contributed by atoms with van der Waals surface area (Å²) in [6, 6.07) is 11.5. The van der Waals surface area contributed by atoms with Crippen molar-refractivity contribution in [1.29, 1.82) is 0 Å². The Morgan fingerprint density at radius 3 is 2.73 bits per heavy atom. The van der Waals surface area contributed by atoms with Gasteiger partial charge in [-0.3, -0.25) is 4.79 Å². The minimum Gasteiger partial charge on any atom is -0.493 e. The summed E-state index contributed by atoms with van der Waals surface area (Å²) in [5.74, 6) is 0.980. The molecule has 0 saturated carbocycles. The largest absolute Gasteiger partial charge is 0.493 e. The number of esters is 1. The highest BCUT2D eigenvalue weighted by Crippen LogP contribution is 2.33. The van der Waals surface area contributed by atoms with Gasteiger partial charge in [0, 0.05) is 21.9 Å². The number of furan rings is 1. The van der Waals surface area contributed by atoms with Crippen LogP contribution >= 0.6 is 11.3 Å². The molecule has 0 aliphatic rings. The fourth-order valence-electron chi connectivity index (χ4n) is 3.16. The third kappa shape index (κ3) is 4.16. The van der Waals surface area contributed by atoms with E-state index in [2.05, 4.69) is 4.98 Å². The monoisotopic (exact) mass is 423 g/mol. The Morgan fingerprint density at radius 2 is 1.93 bits per heavy atom. The first-order valence-electron chi connectivity index (χ1n) is 9.36. The number of hydrogen-bond donors (Lipinski definition) is 0. The van der Waals surface area contributed by atoms with Gasteiger partial charge in [0.15, 0.2) is 11.5 Å². The molecule has 0 atom stereocenters. The first-order valence-corrected chi connectivity index (χ1v) is 10.2. The van der Waals surface area contributed by atoms with Gasteiger partial charge in [0.2, 0.25) is 0 Å². The van der Waals surface area contributed by atoms with E-state index in [0.29, 0.717) is 17.2 Å². The van der Waals surface area contributed by atoms with Gasteiger partial charge in [-0.05, 0) is 36.8 Å². The molecule has 30 heavy (non-hydrogen) atoms. The second kappa shape index (κ2) is 8.59. The average Bonchev–Trinajstić information content (AvgIpc) is 3.39. The molecule has 0 radical (unpaired) electrons. The van der Waals surface area contributed by atoms with Gasteiger partial charge in [0.25, 0.3) is 0 Å². The molecule has 0 spiro atoms. The van der Waals surface area contributed by atoms with E-state index in [-0.39, 0.29) is 19.0 Å². The van der Waals surface area contributed by atoms with Gasteiger partial charge in [0.1, 0.15) is 17.2 Å². The number of carbonyl (C=O) groups is 1. The summed E-state index contributed by atoms with van der Waals surface area (Å²) in [6.45, 7) is 2.12. The second-order valence-corrected chi connectivity index (χ2v) is 7.67. The highest BCUT2D eigenvalue weighted by Gasteiger charge is 2.14. The van der Waals surface area contributed by atoms with E-state index in [9.17, 15) is 4.79 Å². The molecule has 0 unspecified atom stereocenters. The first kappa shape index (κ1) is 20.0. The van der Waals surface area contributed by atoms with Crippen LogP contribution < -0.4 is 9.47 Å². The van der Waals surface area contributed by atoms with Crippen LogP contribution in [0.3, 0.4) is 0 Å². The predicted molar refractivity (Wildman–Crippen MR) is 115 cm³/mol. The van der Waals surface area contributed by atoms with Crippen molar-refractivity contribution in [3.63, 3.8) is 0 Å². The van der Waals surface area contributed by atoms with Crippen molar-refractivity contribution in [2.75, 3.05) is 14.2 Å². The Bertz CT molecular complexity index is 1190. The van der Waals surface area contributed by atoms with Crippen LogP contribution in [-0.2, 0) is 22.6 Å². The average molecular weight is 423 g/mol. The number of benzene rings is 2. The lowest BCUT2D eigenvalue weighted by molar-refractivity contribution is -0.144. The number of nitrogens with zero attached hydrogens (tertiary/aromatic N) is 1. The lowest BCUT2D eigenvalue weighted by atomic mass is 10.1. The van der Waals surface area contributed by atoms with Gasteiger partial charge < -0.3 is 18.6 Å². The Kier molecular flexibility index (Phi) is 5.72. The Balaban J connectivity index is 1.40. The van der Waals surface area contributed by atoms with E-state index in [1.165, 1.54) is 11.3 Å². The zero-order valence-corrected chi connectivity index (χ0v) is 17.7. The maximum atomic E-state index is 12.3. The van der Waals surface area contributed by atoms with Gasteiger partial charge in [-0.1, -0.05) is 12.1 Å². The summed E-state index contributed by atoms with van der Waals surface area (Å²) in [6.07, 6.45) is 1.77. The molecule has 0 fully saturated rings. The van der Waals surface area contributed by atoms with E-state index in [4.69, 9.17) is 18.6 Å². The Morgan fingerprint density at radius 1 is 1.10 bits per heavy atom. The van der Waals surface area contributed by atoms with E-state index in [0.717, 1.165) is 32.7 Å². The van der Waals surface area contributed by atoms with Gasteiger partial charge >= 0.3 is 5.97 Å². The van der Waals surface area contributed by atoms with Crippen LogP contribution in [0.5, 0.6) is 11.5 Å². The van der Waals surface area contributed by atoms with E-state index in [1.807, 2.05) is 48.7 Å². The Hall–Kier alpha value is -3.32. The first-order chi connectivity index (χ1) is 14.6. The lowest BCUT2D eigenvalue weighted by Crippen LogP contribution is -2.07. The molecule has 7 heteroatoms.